The van der Waals surface area contributed by atoms with Gasteiger partial charge in [-0.25, -0.2) is 0 Å². The van der Waals surface area contributed by atoms with E-state index in [4.69, 9.17) is 0 Å². The zero-order chi connectivity index (χ0) is 44.6. The summed E-state index contributed by atoms with van der Waals surface area (Å²) in [4.78, 5) is 0. The molecule has 3 radical (unpaired) electrons. The van der Waals surface area contributed by atoms with Gasteiger partial charge < -0.3 is 24.8 Å². The average molecular weight is 1010 g/mol. The van der Waals surface area contributed by atoms with Crippen molar-refractivity contribution in [3.8, 4) is 11.1 Å². The van der Waals surface area contributed by atoms with Gasteiger partial charge in [0.15, 0.2) is 0 Å². The van der Waals surface area contributed by atoms with Crippen molar-refractivity contribution in [3.63, 3.8) is 0 Å². The summed E-state index contributed by atoms with van der Waals surface area (Å²) in [6.07, 6.45) is 13.3. The number of hydrogen-bond donors (Lipinski definition) is 0. The summed E-state index contributed by atoms with van der Waals surface area (Å²) < 4.78 is 0. The fourth-order valence-electron chi connectivity index (χ4n) is 13.4. The summed E-state index contributed by atoms with van der Waals surface area (Å²) in [5.41, 5.74) is 16.7. The van der Waals surface area contributed by atoms with Crippen molar-refractivity contribution in [2.24, 2.45) is 27.1 Å². The minimum Gasteiger partial charge on any atom is -1.00 e. The molecule has 3 unspecified atom stereocenters. The second kappa shape index (κ2) is 19.1. The van der Waals surface area contributed by atoms with Crippen LogP contribution in [0.4, 0.5) is 0 Å². The van der Waals surface area contributed by atoms with E-state index in [1.54, 1.807) is 33.8 Å². The summed E-state index contributed by atoms with van der Waals surface area (Å²) in [6.45, 7) is 23.5. The molecule has 0 aliphatic heterocycles. The van der Waals surface area contributed by atoms with Crippen LogP contribution in [-0.2, 0) is 32.6 Å². The van der Waals surface area contributed by atoms with Crippen LogP contribution in [0.1, 0.15) is 116 Å². The molecule has 0 nitrogen and oxygen atoms in total. The Morgan fingerprint density at radius 3 is 1.90 bits per heavy atom. The molecule has 0 N–H and O–H groups in total. The van der Waals surface area contributed by atoms with Crippen molar-refractivity contribution >= 4 is 42.3 Å². The summed E-state index contributed by atoms with van der Waals surface area (Å²) in [5, 5.41) is 5.44. The maximum absolute atomic E-state index is 2.72. The van der Waals surface area contributed by atoms with Gasteiger partial charge in [-0.15, -0.1) is 0 Å². The number of halogens is 2. The number of allylic oxidation sites excluding steroid dienone is 7. The number of benzene rings is 6. The first-order chi connectivity index (χ1) is 30.8. The second-order valence-electron chi connectivity index (χ2n) is 21.3. The smallest absolute Gasteiger partial charge is 1.00 e. The zero-order valence-electron chi connectivity index (χ0n) is 41.0. The van der Waals surface area contributed by atoms with Gasteiger partial charge in [0.05, 0.1) is 0 Å². The summed E-state index contributed by atoms with van der Waals surface area (Å²) in [6, 6.07) is 53.5. The molecule has 0 saturated heterocycles. The van der Waals surface area contributed by atoms with Crippen LogP contribution in [-0.4, -0.2) is 9.52 Å². The van der Waals surface area contributed by atoms with Crippen molar-refractivity contribution in [2.75, 3.05) is 0 Å². The van der Waals surface area contributed by atoms with E-state index in [1.807, 2.05) is 0 Å². The molecule has 4 heteroatoms. The van der Waals surface area contributed by atoms with Crippen molar-refractivity contribution in [3.05, 3.63) is 208 Å². The first-order valence-electron chi connectivity index (χ1n) is 24.1. The van der Waals surface area contributed by atoms with Gasteiger partial charge in [0.25, 0.3) is 0 Å². The summed E-state index contributed by atoms with van der Waals surface area (Å²) >= 11 is 0. The van der Waals surface area contributed by atoms with Crippen LogP contribution in [0.15, 0.2) is 180 Å². The molecule has 1 saturated carbocycles. The standard InChI is InChI=1S/C51H55.C12H10Si.2ClH.Zr/c1-10-19-34-31-40-38(37-25-17-22-32-20-11-13-23-35(32)37)26-18-27-39(40)43(34)46-45-41-30-33-21-12-14-24-36(33)44(41)42-28-15-16-29-50(42,8)51(45,9)49(6,7)48(4,5)47(46,2)3;1-3-7-11(8-4-1)13-12-9-5-2-6-10-12;;;/h11-15,17-18,20-28,31,43H,10,16,19,29-30H2,1-9H3;1-10H;2*1H;/q-1;;;;+3/p-2. The van der Waals surface area contributed by atoms with Crippen LogP contribution in [0.5, 0.6) is 0 Å². The van der Waals surface area contributed by atoms with E-state index >= 15 is 0 Å². The monoisotopic (exact) mass is 1010 g/mol. The molecule has 67 heavy (non-hydrogen) atoms. The van der Waals surface area contributed by atoms with Gasteiger partial charge in [0, 0.05) is 0 Å². The minimum atomic E-state index is -0.0668. The predicted octanol–water partition coefficient (Wildman–Crippen LogP) is 9.48. The van der Waals surface area contributed by atoms with E-state index in [1.165, 1.54) is 60.9 Å². The van der Waals surface area contributed by atoms with E-state index in [9.17, 15) is 0 Å². The molecule has 6 aromatic carbocycles. The topological polar surface area (TPSA) is 0 Å². The van der Waals surface area contributed by atoms with E-state index in [0.717, 1.165) is 35.2 Å². The quantitative estimate of drug-likeness (QED) is 0.115. The molecule has 0 heterocycles. The normalized spacial score (nSPS) is 23.1. The second-order valence-corrected chi connectivity index (χ2v) is 22.7. The maximum Gasteiger partial charge on any atom is 3.00 e. The Hall–Kier alpha value is -3.91. The van der Waals surface area contributed by atoms with Crippen molar-refractivity contribution in [1.29, 1.82) is 0 Å². The first kappa shape index (κ1) is 51.0. The fraction of sp³-hybridized carbons (Fsp3) is 0.317. The van der Waals surface area contributed by atoms with Gasteiger partial charge in [-0.05, 0) is 85.4 Å². The molecule has 5 aliphatic carbocycles. The molecule has 0 spiro atoms. The molecular formula is C63H65Cl2SiZr. The SMILES string of the molecule is CCCC1=Cc2c(-c3cccc4ccccc34)cccc2C1[C-]1C2=C3Cc4ccccc4C3=C3C=CCCC3(C)C2(C)C(C)(C)C(C)(C)C1(C)C.[Cl-].[Cl-].[Zr+3].c1ccc([Si]c2ccccc2)cc1. The molecule has 11 rings (SSSR count). The van der Waals surface area contributed by atoms with Crippen LogP contribution in [0.3, 0.4) is 0 Å². The van der Waals surface area contributed by atoms with Gasteiger partial charge in [-0.1, -0.05) is 277 Å². The third-order valence-electron chi connectivity index (χ3n) is 18.0. The Kier molecular flexibility index (Phi) is 14.5. The van der Waals surface area contributed by atoms with Crippen molar-refractivity contribution in [1.82, 2.24) is 0 Å². The van der Waals surface area contributed by atoms with Crippen molar-refractivity contribution < 1.29 is 51.0 Å². The molecule has 6 aromatic rings. The Morgan fingerprint density at radius 1 is 0.627 bits per heavy atom. The summed E-state index contributed by atoms with van der Waals surface area (Å²) in [7, 11) is 0.777. The first-order valence-corrected chi connectivity index (χ1v) is 25.1. The van der Waals surface area contributed by atoms with E-state index in [2.05, 4.69) is 226 Å². The fourth-order valence-corrected chi connectivity index (χ4v) is 14.5. The van der Waals surface area contributed by atoms with E-state index < -0.39 is 0 Å². The van der Waals surface area contributed by atoms with Crippen LogP contribution >= 0.6 is 0 Å². The molecule has 1 fully saturated rings. The van der Waals surface area contributed by atoms with Crippen LogP contribution < -0.4 is 35.2 Å². The molecule has 0 bridgehead atoms. The van der Waals surface area contributed by atoms with Gasteiger partial charge in [0.2, 0.25) is 0 Å². The third-order valence-corrected chi connectivity index (χ3v) is 19.3. The molecule has 3 atom stereocenters. The largest absolute Gasteiger partial charge is 3.00 e. The Balaban J connectivity index is 0.000000360. The molecule has 0 amide bonds. The number of fused-ring (bicyclic) bond motifs is 8. The molecule has 339 valence electrons. The van der Waals surface area contributed by atoms with Crippen LogP contribution in [0.2, 0.25) is 0 Å². The average Bonchev–Trinajstić information content (AvgIpc) is 3.86. The van der Waals surface area contributed by atoms with Crippen molar-refractivity contribution in [2.45, 2.75) is 100 Å². The summed E-state index contributed by atoms with van der Waals surface area (Å²) in [5.74, 6) is 1.97. The molecular weight excluding hydrogens is 947 g/mol. The third kappa shape index (κ3) is 7.66. The van der Waals surface area contributed by atoms with Gasteiger partial charge in [-0.2, -0.15) is 17.1 Å². The van der Waals surface area contributed by atoms with E-state index in [0.29, 0.717) is 0 Å². The Morgan fingerprint density at radius 2 is 1.21 bits per heavy atom. The molecule has 5 aliphatic rings. The predicted molar refractivity (Wildman–Crippen MR) is 276 cm³/mol. The van der Waals surface area contributed by atoms with Gasteiger partial charge in [0.1, 0.15) is 9.52 Å². The zero-order valence-corrected chi connectivity index (χ0v) is 45.9. The van der Waals surface area contributed by atoms with Gasteiger partial charge >= 0.3 is 26.2 Å². The van der Waals surface area contributed by atoms with Crippen LogP contribution in [0, 0.1) is 33.0 Å². The Labute approximate surface area is 436 Å². The Bertz CT molecular complexity index is 2870. The minimum absolute atomic E-state index is 0. The van der Waals surface area contributed by atoms with Crippen LogP contribution in [0.25, 0.3) is 33.5 Å². The number of hydrogen-bond acceptors (Lipinski definition) is 0. The number of rotatable bonds is 6. The molecule has 0 aromatic heterocycles. The van der Waals surface area contributed by atoms with Gasteiger partial charge in [-0.3, -0.25) is 0 Å². The maximum atomic E-state index is 2.72. The van der Waals surface area contributed by atoms with E-state index in [-0.39, 0.29) is 84.0 Å².